The van der Waals surface area contributed by atoms with Crippen LogP contribution in [0.15, 0.2) is 0 Å². The number of carbonyl (C=O) groups excluding carboxylic acids is 1. The highest BCUT2D eigenvalue weighted by Crippen LogP contribution is 2.39. The minimum atomic E-state index is -1.32. The van der Waals surface area contributed by atoms with Gasteiger partial charge in [-0.05, 0) is 41.5 Å². The summed E-state index contributed by atoms with van der Waals surface area (Å²) in [7, 11) is 0. The lowest BCUT2D eigenvalue weighted by atomic mass is 9.67. The molecule has 0 aliphatic carbocycles. The Morgan fingerprint density at radius 1 is 1.08 bits per heavy atom. The van der Waals surface area contributed by atoms with Crippen LogP contribution in [-0.4, -0.2) is 69.9 Å². The summed E-state index contributed by atoms with van der Waals surface area (Å²) < 4.78 is 5.36. The van der Waals surface area contributed by atoms with Gasteiger partial charge in [0.2, 0.25) is 5.91 Å². The van der Waals surface area contributed by atoms with Crippen molar-refractivity contribution in [2.45, 2.75) is 65.9 Å². The van der Waals surface area contributed by atoms with Gasteiger partial charge in [-0.3, -0.25) is 9.59 Å². The van der Waals surface area contributed by atoms with Gasteiger partial charge >= 0.3 is 5.97 Å². The maximum Gasteiger partial charge on any atom is 0.310 e. The molecule has 0 aliphatic rings. The SMILES string of the molecule is C[C@H](O)C(NC(=O)C(C)(C)C(C)(C)C(=O)O)[C@H](C)OCC(O)CO. The van der Waals surface area contributed by atoms with Crippen molar-refractivity contribution in [1.82, 2.24) is 5.32 Å². The molecule has 0 bridgehead atoms. The molecule has 0 aromatic carbocycles. The van der Waals surface area contributed by atoms with Gasteiger partial charge in [-0.1, -0.05) is 0 Å². The monoisotopic (exact) mass is 349 g/mol. The molecule has 1 amide bonds. The fraction of sp³-hybridized carbons (Fsp3) is 0.875. The largest absolute Gasteiger partial charge is 0.481 e. The number of hydrogen-bond acceptors (Lipinski definition) is 6. The molecule has 8 heteroatoms. The summed E-state index contributed by atoms with van der Waals surface area (Å²) in [4.78, 5) is 24.0. The van der Waals surface area contributed by atoms with E-state index in [1.54, 1.807) is 6.92 Å². The van der Waals surface area contributed by atoms with Crippen molar-refractivity contribution >= 4 is 11.9 Å². The van der Waals surface area contributed by atoms with Crippen LogP contribution in [0.5, 0.6) is 0 Å². The Bertz CT molecular complexity index is 434. The average Bonchev–Trinajstić information content (AvgIpc) is 2.48. The van der Waals surface area contributed by atoms with E-state index < -0.39 is 53.7 Å². The number of ether oxygens (including phenoxy) is 1. The molecule has 2 unspecified atom stereocenters. The second-order valence-corrected chi connectivity index (χ2v) is 7.17. The normalized spacial score (nSPS) is 17.7. The van der Waals surface area contributed by atoms with Crippen molar-refractivity contribution in [2.75, 3.05) is 13.2 Å². The van der Waals surface area contributed by atoms with Gasteiger partial charge in [-0.15, -0.1) is 0 Å². The summed E-state index contributed by atoms with van der Waals surface area (Å²) in [6, 6.07) is -0.799. The zero-order valence-corrected chi connectivity index (χ0v) is 15.2. The highest BCUT2D eigenvalue weighted by Gasteiger charge is 2.49. The van der Waals surface area contributed by atoms with E-state index in [9.17, 15) is 24.9 Å². The first-order valence-corrected chi connectivity index (χ1v) is 7.92. The van der Waals surface area contributed by atoms with E-state index in [1.807, 2.05) is 0 Å². The molecule has 0 heterocycles. The highest BCUT2D eigenvalue weighted by atomic mass is 16.5. The van der Waals surface area contributed by atoms with E-state index >= 15 is 0 Å². The maximum absolute atomic E-state index is 12.6. The molecule has 0 saturated heterocycles. The molecule has 0 spiro atoms. The van der Waals surface area contributed by atoms with Crippen LogP contribution >= 0.6 is 0 Å². The Morgan fingerprint density at radius 2 is 1.58 bits per heavy atom. The number of carboxylic acid groups (broad SMARTS) is 1. The third-order valence-corrected chi connectivity index (χ3v) is 4.75. The van der Waals surface area contributed by atoms with Gasteiger partial charge in [-0.2, -0.15) is 0 Å². The van der Waals surface area contributed by atoms with Gasteiger partial charge < -0.3 is 30.5 Å². The quantitative estimate of drug-likeness (QED) is 0.367. The van der Waals surface area contributed by atoms with Crippen LogP contribution in [0.1, 0.15) is 41.5 Å². The second kappa shape index (κ2) is 8.75. The minimum Gasteiger partial charge on any atom is -0.481 e. The predicted molar refractivity (Wildman–Crippen MR) is 87.3 cm³/mol. The van der Waals surface area contributed by atoms with Crippen LogP contribution in [0.3, 0.4) is 0 Å². The number of carboxylic acids is 1. The lowest BCUT2D eigenvalue weighted by Gasteiger charge is -2.39. The number of aliphatic hydroxyl groups is 3. The maximum atomic E-state index is 12.6. The topological polar surface area (TPSA) is 136 Å². The van der Waals surface area contributed by atoms with Crippen LogP contribution < -0.4 is 5.32 Å². The van der Waals surface area contributed by atoms with Gasteiger partial charge in [-0.25, -0.2) is 0 Å². The van der Waals surface area contributed by atoms with Crippen molar-refractivity contribution in [1.29, 1.82) is 0 Å². The number of aliphatic hydroxyl groups excluding tert-OH is 3. The number of carbonyl (C=O) groups is 2. The molecule has 0 aromatic rings. The summed E-state index contributed by atoms with van der Waals surface area (Å²) in [5, 5.41) is 40.0. The molecule has 0 aliphatic heterocycles. The molecular weight excluding hydrogens is 318 g/mol. The van der Waals surface area contributed by atoms with Crippen molar-refractivity contribution in [3.05, 3.63) is 0 Å². The Morgan fingerprint density at radius 3 is 1.96 bits per heavy atom. The van der Waals surface area contributed by atoms with E-state index in [4.69, 9.17) is 9.84 Å². The molecule has 0 radical (unpaired) electrons. The molecule has 0 fully saturated rings. The third-order valence-electron chi connectivity index (χ3n) is 4.75. The molecule has 24 heavy (non-hydrogen) atoms. The van der Waals surface area contributed by atoms with Crippen LogP contribution in [-0.2, 0) is 14.3 Å². The Balaban J connectivity index is 5.12. The van der Waals surface area contributed by atoms with E-state index in [2.05, 4.69) is 5.32 Å². The molecule has 142 valence electrons. The minimum absolute atomic E-state index is 0.152. The van der Waals surface area contributed by atoms with Gasteiger partial charge in [0.15, 0.2) is 0 Å². The summed E-state index contributed by atoms with van der Waals surface area (Å²) in [5.41, 5.74) is -2.56. The number of amides is 1. The van der Waals surface area contributed by atoms with Crippen LogP contribution in [0.2, 0.25) is 0 Å². The van der Waals surface area contributed by atoms with Gasteiger partial charge in [0.25, 0.3) is 0 Å². The molecular formula is C16H31NO7. The molecule has 0 aromatic heterocycles. The van der Waals surface area contributed by atoms with E-state index in [0.29, 0.717) is 0 Å². The summed E-state index contributed by atoms with van der Waals surface area (Å²) in [6.07, 6.45) is -2.67. The smallest absolute Gasteiger partial charge is 0.310 e. The van der Waals surface area contributed by atoms with E-state index in [0.717, 1.165) is 0 Å². The number of aliphatic carboxylic acids is 1. The van der Waals surface area contributed by atoms with Crippen LogP contribution in [0, 0.1) is 10.8 Å². The first-order valence-electron chi connectivity index (χ1n) is 7.92. The summed E-state index contributed by atoms with van der Waals surface area (Å²) >= 11 is 0. The van der Waals surface area contributed by atoms with E-state index in [-0.39, 0.29) is 6.61 Å². The van der Waals surface area contributed by atoms with Crippen LogP contribution in [0.25, 0.3) is 0 Å². The van der Waals surface area contributed by atoms with Crippen molar-refractivity contribution in [3.63, 3.8) is 0 Å². The van der Waals surface area contributed by atoms with Crippen molar-refractivity contribution in [3.8, 4) is 0 Å². The summed E-state index contributed by atoms with van der Waals surface area (Å²) in [6.45, 7) is 8.44. The highest BCUT2D eigenvalue weighted by molar-refractivity contribution is 5.89. The first kappa shape index (κ1) is 22.8. The lowest BCUT2D eigenvalue weighted by molar-refractivity contribution is -0.160. The van der Waals surface area contributed by atoms with Crippen molar-refractivity contribution < 1.29 is 34.8 Å². The second-order valence-electron chi connectivity index (χ2n) is 7.17. The Hall–Kier alpha value is -1.22. The first-order chi connectivity index (χ1) is 10.8. The van der Waals surface area contributed by atoms with Gasteiger partial charge in [0, 0.05) is 0 Å². The molecule has 4 atom stereocenters. The number of nitrogens with one attached hydrogen (secondary N) is 1. The van der Waals surface area contributed by atoms with E-state index in [1.165, 1.54) is 34.6 Å². The van der Waals surface area contributed by atoms with Crippen molar-refractivity contribution in [2.24, 2.45) is 10.8 Å². The standard InChI is InChI=1S/C16H31NO7/c1-9(19)12(10(2)24-8-11(20)7-18)17-13(21)15(3,4)16(5,6)14(22)23/h9-12,18-20H,7-8H2,1-6H3,(H,17,21)(H,22,23)/t9-,10-,11?,12?/m0/s1. The Kier molecular flexibility index (Phi) is 8.31. The fourth-order valence-electron chi connectivity index (χ4n) is 1.93. The average molecular weight is 349 g/mol. The number of rotatable bonds is 10. The zero-order valence-electron chi connectivity index (χ0n) is 15.2. The lowest BCUT2D eigenvalue weighted by Crippen LogP contribution is -2.57. The summed E-state index contributed by atoms with van der Waals surface area (Å²) in [5.74, 6) is -1.63. The molecule has 0 rings (SSSR count). The molecule has 0 saturated carbocycles. The molecule has 5 N–H and O–H groups in total. The fourth-order valence-corrected chi connectivity index (χ4v) is 1.93. The van der Waals surface area contributed by atoms with Gasteiger partial charge in [0.05, 0.1) is 42.3 Å². The van der Waals surface area contributed by atoms with Crippen LogP contribution in [0.4, 0.5) is 0 Å². The number of hydrogen-bond donors (Lipinski definition) is 5. The zero-order chi connectivity index (χ0) is 19.3. The predicted octanol–water partition coefficient (Wildman–Crippen LogP) is -0.253. The third kappa shape index (κ3) is 5.41. The van der Waals surface area contributed by atoms with Gasteiger partial charge in [0.1, 0.15) is 6.10 Å². The Labute approximate surface area is 142 Å². The molecule has 8 nitrogen and oxygen atoms in total.